The average Bonchev–Trinajstić information content (AvgIpc) is 2.78. The van der Waals surface area contributed by atoms with Crippen LogP contribution in [-0.2, 0) is 4.79 Å². The normalized spacial score (nSPS) is 11.7. The highest BCUT2D eigenvalue weighted by atomic mass is 19.1. The molecule has 0 saturated heterocycles. The molecule has 164 valence electrons. The number of pyridine rings is 1. The Labute approximate surface area is 186 Å². The summed E-state index contributed by atoms with van der Waals surface area (Å²) in [6.07, 6.45) is 0. The van der Waals surface area contributed by atoms with Gasteiger partial charge in [0.15, 0.2) is 0 Å². The van der Waals surface area contributed by atoms with Gasteiger partial charge in [-0.25, -0.2) is 18.2 Å². The van der Waals surface area contributed by atoms with E-state index in [0.29, 0.717) is 22.2 Å². The number of carboxylic acid groups (broad SMARTS) is 1. The zero-order valence-electron chi connectivity index (χ0n) is 17.2. The van der Waals surface area contributed by atoms with Gasteiger partial charge in [-0.3, -0.25) is 4.79 Å². The van der Waals surface area contributed by atoms with Gasteiger partial charge < -0.3 is 10.4 Å². The zero-order chi connectivity index (χ0) is 23.7. The van der Waals surface area contributed by atoms with Crippen LogP contribution in [0.15, 0.2) is 60.7 Å². The molecule has 1 aromatic heterocycles. The number of nitrogens with zero attached hydrogens (tertiary/aromatic N) is 2. The number of aromatic nitrogens is 1. The quantitative estimate of drug-likeness (QED) is 0.407. The molecule has 4 aromatic rings. The molecule has 1 heterocycles. The van der Waals surface area contributed by atoms with Crippen molar-refractivity contribution in [3.63, 3.8) is 0 Å². The molecule has 4 rings (SSSR count). The van der Waals surface area contributed by atoms with E-state index in [1.165, 1.54) is 37.3 Å². The van der Waals surface area contributed by atoms with Crippen LogP contribution in [0, 0.1) is 28.8 Å². The van der Waals surface area contributed by atoms with E-state index in [9.17, 15) is 28.3 Å². The number of rotatable bonds is 5. The minimum absolute atomic E-state index is 0.0470. The van der Waals surface area contributed by atoms with Crippen molar-refractivity contribution in [3.8, 4) is 28.5 Å². The highest BCUT2D eigenvalue weighted by Crippen LogP contribution is 2.35. The third-order valence-electron chi connectivity index (χ3n) is 5.14. The second kappa shape index (κ2) is 8.63. The van der Waals surface area contributed by atoms with Crippen molar-refractivity contribution in [1.29, 1.82) is 5.26 Å². The van der Waals surface area contributed by atoms with Crippen LogP contribution >= 0.6 is 0 Å². The van der Waals surface area contributed by atoms with Crippen molar-refractivity contribution < 1.29 is 23.1 Å². The summed E-state index contributed by atoms with van der Waals surface area (Å²) in [6, 6.07) is 14.6. The van der Waals surface area contributed by atoms with Crippen LogP contribution in [0.5, 0.6) is 0 Å². The Morgan fingerprint density at radius 3 is 2.18 bits per heavy atom. The summed E-state index contributed by atoms with van der Waals surface area (Å²) in [5, 5.41) is 22.2. The minimum Gasteiger partial charge on any atom is -0.480 e. The predicted octanol–water partition coefficient (Wildman–Crippen LogP) is 5.74. The van der Waals surface area contributed by atoms with E-state index in [1.807, 2.05) is 6.07 Å². The van der Waals surface area contributed by atoms with Gasteiger partial charge in [0, 0.05) is 17.0 Å². The molecule has 0 saturated carbocycles. The maximum atomic E-state index is 13.9. The number of anilines is 1. The Balaban J connectivity index is 1.87. The number of halogens is 3. The average molecular weight is 447 g/mol. The van der Waals surface area contributed by atoms with Gasteiger partial charge in [0.25, 0.3) is 0 Å². The molecule has 0 aliphatic carbocycles. The Morgan fingerprint density at radius 2 is 1.58 bits per heavy atom. The van der Waals surface area contributed by atoms with E-state index in [2.05, 4.69) is 10.3 Å². The fraction of sp³-hybridized carbons (Fsp3) is 0.0800. The molecule has 0 spiro atoms. The SMILES string of the molecule is CC(Nc1c(C#N)c(-c2ccc(-c3cc(F)cc(F)c3)cc2)nc2ccc(F)cc12)C(=O)O. The third-order valence-corrected chi connectivity index (χ3v) is 5.14. The fourth-order valence-corrected chi connectivity index (χ4v) is 3.52. The van der Waals surface area contributed by atoms with E-state index in [-0.39, 0.29) is 22.3 Å². The minimum atomic E-state index is -1.14. The second-order valence-electron chi connectivity index (χ2n) is 7.42. The van der Waals surface area contributed by atoms with Crippen molar-refractivity contribution in [1.82, 2.24) is 4.98 Å². The molecular formula is C25H16F3N3O2. The Morgan fingerprint density at radius 1 is 0.939 bits per heavy atom. The zero-order valence-corrected chi connectivity index (χ0v) is 17.2. The van der Waals surface area contributed by atoms with Crippen LogP contribution in [0.4, 0.5) is 18.9 Å². The maximum Gasteiger partial charge on any atom is 0.325 e. The molecule has 0 bridgehead atoms. The van der Waals surface area contributed by atoms with E-state index in [4.69, 9.17) is 0 Å². The Bertz CT molecular complexity index is 1410. The number of fused-ring (bicyclic) bond motifs is 1. The van der Waals surface area contributed by atoms with Crippen LogP contribution in [0.2, 0.25) is 0 Å². The molecule has 3 aromatic carbocycles. The Kier molecular flexibility index (Phi) is 5.71. The van der Waals surface area contributed by atoms with E-state index < -0.39 is 29.5 Å². The standard InChI is InChI=1S/C25H16F3N3O2/c1-13(25(32)33)30-24-20-11-17(26)6-7-22(20)31-23(21(24)12-29)15-4-2-14(3-5-15)16-8-18(27)10-19(28)9-16/h2-11,13H,1H3,(H,30,31)(H,32,33). The predicted molar refractivity (Wildman–Crippen MR) is 118 cm³/mol. The largest absolute Gasteiger partial charge is 0.480 e. The number of hydrogen-bond acceptors (Lipinski definition) is 4. The summed E-state index contributed by atoms with van der Waals surface area (Å²) in [5.41, 5.74) is 2.24. The first kappa shape index (κ1) is 21.8. The van der Waals surface area contributed by atoms with Crippen LogP contribution in [-0.4, -0.2) is 22.1 Å². The fourth-order valence-electron chi connectivity index (χ4n) is 3.52. The molecule has 5 nitrogen and oxygen atoms in total. The molecule has 1 atom stereocenters. The van der Waals surface area contributed by atoms with Gasteiger partial charge in [0.1, 0.15) is 35.1 Å². The number of hydrogen-bond donors (Lipinski definition) is 2. The lowest BCUT2D eigenvalue weighted by Gasteiger charge is -2.17. The monoisotopic (exact) mass is 447 g/mol. The van der Waals surface area contributed by atoms with Crippen molar-refractivity contribution in [2.45, 2.75) is 13.0 Å². The van der Waals surface area contributed by atoms with Crippen molar-refractivity contribution >= 4 is 22.6 Å². The second-order valence-corrected chi connectivity index (χ2v) is 7.42. The molecule has 33 heavy (non-hydrogen) atoms. The molecule has 0 fully saturated rings. The maximum absolute atomic E-state index is 13.9. The first-order chi connectivity index (χ1) is 15.8. The lowest BCUT2D eigenvalue weighted by atomic mass is 9.98. The van der Waals surface area contributed by atoms with E-state index >= 15 is 0 Å². The highest BCUT2D eigenvalue weighted by Gasteiger charge is 2.21. The number of carboxylic acids is 1. The number of benzene rings is 3. The number of nitrogens with one attached hydrogen (secondary N) is 1. The summed E-state index contributed by atoms with van der Waals surface area (Å²) in [4.78, 5) is 15.9. The van der Waals surface area contributed by atoms with Gasteiger partial charge >= 0.3 is 5.97 Å². The van der Waals surface area contributed by atoms with Crippen LogP contribution in [0.3, 0.4) is 0 Å². The van der Waals surface area contributed by atoms with Gasteiger partial charge in [-0.05, 0) is 48.4 Å². The molecule has 0 aliphatic rings. The summed E-state index contributed by atoms with van der Waals surface area (Å²) in [7, 11) is 0. The van der Waals surface area contributed by atoms with Crippen LogP contribution < -0.4 is 5.32 Å². The molecule has 0 amide bonds. The topological polar surface area (TPSA) is 86.0 Å². The molecule has 0 radical (unpaired) electrons. The van der Waals surface area contributed by atoms with Gasteiger partial charge in [0.2, 0.25) is 0 Å². The molecule has 2 N–H and O–H groups in total. The highest BCUT2D eigenvalue weighted by molar-refractivity contribution is 5.99. The number of aliphatic carboxylic acids is 1. The smallest absolute Gasteiger partial charge is 0.325 e. The summed E-state index contributed by atoms with van der Waals surface area (Å²) in [6.45, 7) is 1.40. The molecule has 8 heteroatoms. The van der Waals surface area contributed by atoms with Gasteiger partial charge in [-0.15, -0.1) is 0 Å². The van der Waals surface area contributed by atoms with Crippen LogP contribution in [0.25, 0.3) is 33.3 Å². The van der Waals surface area contributed by atoms with Gasteiger partial charge in [0.05, 0.1) is 16.9 Å². The summed E-state index contributed by atoms with van der Waals surface area (Å²) >= 11 is 0. The van der Waals surface area contributed by atoms with Crippen molar-refractivity contribution in [3.05, 3.63) is 83.7 Å². The van der Waals surface area contributed by atoms with Crippen LogP contribution in [0.1, 0.15) is 12.5 Å². The Hall–Kier alpha value is -4.38. The van der Waals surface area contributed by atoms with Gasteiger partial charge in [-0.1, -0.05) is 24.3 Å². The third kappa shape index (κ3) is 4.34. The van der Waals surface area contributed by atoms with Gasteiger partial charge in [-0.2, -0.15) is 5.26 Å². The van der Waals surface area contributed by atoms with E-state index in [1.54, 1.807) is 24.3 Å². The number of carbonyl (C=O) groups is 1. The first-order valence-corrected chi connectivity index (χ1v) is 9.86. The molecule has 1 unspecified atom stereocenters. The van der Waals surface area contributed by atoms with E-state index in [0.717, 1.165) is 6.07 Å². The summed E-state index contributed by atoms with van der Waals surface area (Å²) < 4.78 is 41.1. The van der Waals surface area contributed by atoms with Crippen molar-refractivity contribution in [2.75, 3.05) is 5.32 Å². The molecule has 0 aliphatic heterocycles. The van der Waals surface area contributed by atoms with Crippen molar-refractivity contribution in [2.24, 2.45) is 0 Å². The number of nitriles is 1. The first-order valence-electron chi connectivity index (χ1n) is 9.86. The molecular weight excluding hydrogens is 431 g/mol. The summed E-state index contributed by atoms with van der Waals surface area (Å²) in [5.74, 6) is -3.10. The lowest BCUT2D eigenvalue weighted by Crippen LogP contribution is -2.26. The lowest BCUT2D eigenvalue weighted by molar-refractivity contribution is -0.137.